The Morgan fingerprint density at radius 3 is 2.31 bits per heavy atom. The Kier molecular flexibility index (Phi) is 10.1. The monoisotopic (exact) mass is 202 g/mol. The average molecular weight is 203 g/mol. The van der Waals surface area contributed by atoms with Gasteiger partial charge in [-0.15, -0.1) is 11.6 Å². The zero-order valence-corrected chi connectivity index (χ0v) is 9.82. The van der Waals surface area contributed by atoms with E-state index in [9.17, 15) is 0 Å². The van der Waals surface area contributed by atoms with Gasteiger partial charge in [0, 0.05) is 0 Å². The van der Waals surface area contributed by atoms with Crippen LogP contribution in [0.2, 0.25) is 0 Å². The molecule has 0 nitrogen and oxygen atoms in total. The van der Waals surface area contributed by atoms with E-state index in [-0.39, 0.29) is 5.38 Å². The minimum atomic E-state index is 0.260. The standard InChI is InChI=1S/C12H23Cl/c1-3-5-6-7-8-9-11-12(13)10-4-2/h4,10,12H,3,5-9,11H2,1-2H3. The average Bonchev–Trinajstić information content (AvgIpc) is 2.11. The van der Waals surface area contributed by atoms with E-state index in [0.29, 0.717) is 0 Å². The van der Waals surface area contributed by atoms with Gasteiger partial charge in [0.25, 0.3) is 0 Å². The van der Waals surface area contributed by atoms with Gasteiger partial charge in [0.15, 0.2) is 0 Å². The van der Waals surface area contributed by atoms with E-state index >= 15 is 0 Å². The third-order valence-corrected chi connectivity index (χ3v) is 2.60. The zero-order chi connectivity index (χ0) is 9.94. The topological polar surface area (TPSA) is 0 Å². The summed E-state index contributed by atoms with van der Waals surface area (Å²) in [4.78, 5) is 0. The summed E-state index contributed by atoms with van der Waals surface area (Å²) in [6.07, 6.45) is 13.4. The van der Waals surface area contributed by atoms with E-state index in [1.165, 1.54) is 38.5 Å². The smallest absolute Gasteiger partial charge is 0.0515 e. The third-order valence-electron chi connectivity index (χ3n) is 2.23. The van der Waals surface area contributed by atoms with E-state index in [1.54, 1.807) is 0 Å². The van der Waals surface area contributed by atoms with Gasteiger partial charge in [-0.1, -0.05) is 57.6 Å². The van der Waals surface area contributed by atoms with Crippen molar-refractivity contribution < 1.29 is 0 Å². The molecular weight excluding hydrogens is 180 g/mol. The SMILES string of the molecule is CC=CC(Cl)CCCCCCCC. The molecule has 1 heteroatoms. The van der Waals surface area contributed by atoms with Crippen molar-refractivity contribution in [3.63, 3.8) is 0 Å². The van der Waals surface area contributed by atoms with Crippen LogP contribution in [-0.4, -0.2) is 5.38 Å². The van der Waals surface area contributed by atoms with Crippen molar-refractivity contribution in [1.29, 1.82) is 0 Å². The second-order valence-electron chi connectivity index (χ2n) is 3.60. The Labute approximate surface area is 88.4 Å². The van der Waals surface area contributed by atoms with Crippen LogP contribution in [0.4, 0.5) is 0 Å². The van der Waals surface area contributed by atoms with Crippen LogP contribution in [0.3, 0.4) is 0 Å². The van der Waals surface area contributed by atoms with E-state index in [0.717, 1.165) is 6.42 Å². The lowest BCUT2D eigenvalue weighted by Gasteiger charge is -2.03. The van der Waals surface area contributed by atoms with Crippen molar-refractivity contribution in [2.24, 2.45) is 0 Å². The Hall–Kier alpha value is 0.0300. The molecule has 0 spiro atoms. The molecule has 0 bridgehead atoms. The number of hydrogen-bond donors (Lipinski definition) is 0. The molecule has 0 amide bonds. The van der Waals surface area contributed by atoms with Gasteiger partial charge in [-0.25, -0.2) is 0 Å². The van der Waals surface area contributed by atoms with Crippen LogP contribution in [0.25, 0.3) is 0 Å². The van der Waals surface area contributed by atoms with Crippen LogP contribution in [0, 0.1) is 0 Å². The minimum Gasteiger partial charge on any atom is -0.118 e. The number of allylic oxidation sites excluding steroid dienone is 2. The second-order valence-corrected chi connectivity index (χ2v) is 4.16. The molecule has 13 heavy (non-hydrogen) atoms. The fraction of sp³-hybridized carbons (Fsp3) is 0.833. The normalized spacial score (nSPS) is 13.8. The number of rotatable bonds is 8. The number of alkyl halides is 1. The van der Waals surface area contributed by atoms with Gasteiger partial charge in [0.2, 0.25) is 0 Å². The van der Waals surface area contributed by atoms with Crippen LogP contribution in [0.15, 0.2) is 12.2 Å². The first-order valence-electron chi connectivity index (χ1n) is 5.58. The third kappa shape index (κ3) is 9.95. The summed E-state index contributed by atoms with van der Waals surface area (Å²) in [7, 11) is 0. The van der Waals surface area contributed by atoms with Crippen molar-refractivity contribution in [2.75, 3.05) is 0 Å². The first-order valence-corrected chi connectivity index (χ1v) is 6.01. The van der Waals surface area contributed by atoms with Gasteiger partial charge in [-0.3, -0.25) is 0 Å². The molecule has 0 fully saturated rings. The molecule has 0 N–H and O–H groups in total. The molecule has 0 aliphatic carbocycles. The predicted molar refractivity (Wildman–Crippen MR) is 62.4 cm³/mol. The highest BCUT2D eigenvalue weighted by Crippen LogP contribution is 2.12. The van der Waals surface area contributed by atoms with Crippen LogP contribution < -0.4 is 0 Å². The van der Waals surface area contributed by atoms with Gasteiger partial charge in [0.05, 0.1) is 5.38 Å². The molecule has 0 aromatic heterocycles. The zero-order valence-electron chi connectivity index (χ0n) is 9.06. The van der Waals surface area contributed by atoms with Crippen molar-refractivity contribution in [3.8, 4) is 0 Å². The number of hydrogen-bond acceptors (Lipinski definition) is 0. The largest absolute Gasteiger partial charge is 0.118 e. The first kappa shape index (κ1) is 13.0. The highest BCUT2D eigenvalue weighted by atomic mass is 35.5. The molecule has 78 valence electrons. The van der Waals surface area contributed by atoms with Gasteiger partial charge < -0.3 is 0 Å². The number of unbranched alkanes of at least 4 members (excludes halogenated alkanes) is 5. The molecule has 0 saturated heterocycles. The molecular formula is C12H23Cl. The Morgan fingerprint density at radius 1 is 1.08 bits per heavy atom. The van der Waals surface area contributed by atoms with E-state index in [4.69, 9.17) is 11.6 Å². The molecule has 0 heterocycles. The Bertz CT molecular complexity index is 118. The van der Waals surface area contributed by atoms with Gasteiger partial charge in [0.1, 0.15) is 0 Å². The fourth-order valence-electron chi connectivity index (χ4n) is 1.42. The first-order chi connectivity index (χ1) is 6.31. The van der Waals surface area contributed by atoms with Crippen LogP contribution in [0.5, 0.6) is 0 Å². The molecule has 0 saturated carbocycles. The van der Waals surface area contributed by atoms with Gasteiger partial charge in [-0.2, -0.15) is 0 Å². The molecule has 0 rings (SSSR count). The Balaban J connectivity index is 3.06. The van der Waals surface area contributed by atoms with Gasteiger partial charge >= 0.3 is 0 Å². The van der Waals surface area contributed by atoms with Crippen molar-refractivity contribution >= 4 is 11.6 Å². The Morgan fingerprint density at radius 2 is 1.69 bits per heavy atom. The lowest BCUT2D eigenvalue weighted by atomic mass is 10.1. The lowest BCUT2D eigenvalue weighted by molar-refractivity contribution is 0.593. The van der Waals surface area contributed by atoms with Crippen LogP contribution in [-0.2, 0) is 0 Å². The van der Waals surface area contributed by atoms with Crippen LogP contribution in [0.1, 0.15) is 58.8 Å². The summed E-state index contributed by atoms with van der Waals surface area (Å²) in [6.45, 7) is 4.28. The van der Waals surface area contributed by atoms with Crippen molar-refractivity contribution in [2.45, 2.75) is 64.2 Å². The molecule has 0 aromatic carbocycles. The highest BCUT2D eigenvalue weighted by Gasteiger charge is 1.98. The quantitative estimate of drug-likeness (QED) is 0.298. The van der Waals surface area contributed by atoms with Crippen molar-refractivity contribution in [3.05, 3.63) is 12.2 Å². The second kappa shape index (κ2) is 10.1. The van der Waals surface area contributed by atoms with E-state index in [2.05, 4.69) is 13.0 Å². The lowest BCUT2D eigenvalue weighted by Crippen LogP contribution is -1.92. The molecule has 1 atom stereocenters. The summed E-state index contributed by atoms with van der Waals surface area (Å²) in [6, 6.07) is 0. The summed E-state index contributed by atoms with van der Waals surface area (Å²) in [5.41, 5.74) is 0. The fourth-order valence-corrected chi connectivity index (χ4v) is 1.72. The molecule has 0 aliphatic heterocycles. The molecule has 1 unspecified atom stereocenters. The number of halogens is 1. The predicted octanol–water partition coefficient (Wildman–Crippen LogP) is 4.92. The summed E-state index contributed by atoms with van der Waals surface area (Å²) < 4.78 is 0. The maximum Gasteiger partial charge on any atom is 0.0515 e. The molecule has 0 aliphatic rings. The molecule has 0 aromatic rings. The summed E-state index contributed by atoms with van der Waals surface area (Å²) in [5, 5.41) is 0.260. The summed E-state index contributed by atoms with van der Waals surface area (Å²) in [5.74, 6) is 0. The van der Waals surface area contributed by atoms with E-state index in [1.807, 2.05) is 13.0 Å². The molecule has 0 radical (unpaired) electrons. The summed E-state index contributed by atoms with van der Waals surface area (Å²) >= 11 is 6.03. The highest BCUT2D eigenvalue weighted by molar-refractivity contribution is 6.21. The maximum absolute atomic E-state index is 6.03. The van der Waals surface area contributed by atoms with Gasteiger partial charge in [-0.05, 0) is 13.3 Å². The van der Waals surface area contributed by atoms with E-state index < -0.39 is 0 Å². The van der Waals surface area contributed by atoms with Crippen molar-refractivity contribution in [1.82, 2.24) is 0 Å². The van der Waals surface area contributed by atoms with Crippen LogP contribution >= 0.6 is 11.6 Å². The minimum absolute atomic E-state index is 0.260. The maximum atomic E-state index is 6.03.